The minimum absolute atomic E-state index is 0.272. The zero-order chi connectivity index (χ0) is 10.8. The number of rotatable bonds is 2. The van der Waals surface area contributed by atoms with Crippen molar-refractivity contribution in [3.63, 3.8) is 0 Å². The second-order valence-corrected chi connectivity index (χ2v) is 4.82. The lowest BCUT2D eigenvalue weighted by molar-refractivity contribution is 0.561. The Balaban J connectivity index is 2.38. The van der Waals surface area contributed by atoms with E-state index in [2.05, 4.69) is 36.8 Å². The van der Waals surface area contributed by atoms with E-state index in [1.807, 2.05) is 12.1 Å². The minimum atomic E-state index is -0.272. The smallest absolute Gasteiger partial charge is 0.0954 e. The van der Waals surface area contributed by atoms with Crippen molar-refractivity contribution in [2.45, 2.75) is 6.04 Å². The van der Waals surface area contributed by atoms with Gasteiger partial charge in [0.15, 0.2) is 0 Å². The lowest BCUT2D eigenvalue weighted by Gasteiger charge is -2.10. The van der Waals surface area contributed by atoms with Crippen LogP contribution in [0.1, 0.15) is 17.3 Å². The summed E-state index contributed by atoms with van der Waals surface area (Å²) in [6, 6.07) is 3.48. The Morgan fingerprint density at radius 2 is 2.20 bits per heavy atom. The Kier molecular flexibility index (Phi) is 3.23. The van der Waals surface area contributed by atoms with E-state index in [1.165, 1.54) is 0 Å². The number of furan rings is 1. The van der Waals surface area contributed by atoms with E-state index in [0.29, 0.717) is 0 Å². The van der Waals surface area contributed by atoms with Crippen molar-refractivity contribution >= 4 is 31.9 Å². The van der Waals surface area contributed by atoms with Crippen molar-refractivity contribution in [3.05, 3.63) is 51.1 Å². The molecule has 1 atom stereocenters. The highest BCUT2D eigenvalue weighted by Gasteiger charge is 2.14. The highest BCUT2D eigenvalue weighted by molar-refractivity contribution is 9.11. The van der Waals surface area contributed by atoms with Crippen molar-refractivity contribution in [1.82, 2.24) is 4.98 Å². The third-order valence-corrected chi connectivity index (χ3v) is 3.10. The average Bonchev–Trinajstić information content (AvgIpc) is 2.69. The molecule has 0 radical (unpaired) electrons. The maximum atomic E-state index is 6.04. The molecule has 0 spiro atoms. The van der Waals surface area contributed by atoms with Crippen molar-refractivity contribution < 1.29 is 4.42 Å². The predicted molar refractivity (Wildman–Crippen MR) is 64.4 cm³/mol. The van der Waals surface area contributed by atoms with Crippen LogP contribution in [0.15, 0.2) is 44.2 Å². The Morgan fingerprint density at radius 1 is 1.40 bits per heavy atom. The Hall–Kier alpha value is -0.650. The fourth-order valence-corrected chi connectivity index (χ4v) is 2.50. The number of halogens is 2. The molecule has 2 aromatic heterocycles. The number of pyridine rings is 1. The fraction of sp³-hybridized carbons (Fsp3) is 0.100. The fourth-order valence-electron chi connectivity index (χ4n) is 1.26. The van der Waals surface area contributed by atoms with Gasteiger partial charge < -0.3 is 10.2 Å². The molecule has 1 unspecified atom stereocenters. The molecule has 2 N–H and O–H groups in total. The van der Waals surface area contributed by atoms with Gasteiger partial charge in [0.25, 0.3) is 0 Å². The minimum Gasteiger partial charge on any atom is -0.472 e. The first-order valence-electron chi connectivity index (χ1n) is 4.27. The van der Waals surface area contributed by atoms with Crippen LogP contribution in [-0.4, -0.2) is 4.98 Å². The molecule has 2 rings (SSSR count). The average molecular weight is 332 g/mol. The van der Waals surface area contributed by atoms with Crippen molar-refractivity contribution in [1.29, 1.82) is 0 Å². The highest BCUT2D eigenvalue weighted by atomic mass is 79.9. The van der Waals surface area contributed by atoms with Gasteiger partial charge in [0.1, 0.15) is 0 Å². The topological polar surface area (TPSA) is 52.0 Å². The second kappa shape index (κ2) is 4.47. The van der Waals surface area contributed by atoms with Gasteiger partial charge in [-0.05, 0) is 44.0 Å². The monoisotopic (exact) mass is 330 g/mol. The van der Waals surface area contributed by atoms with Crippen molar-refractivity contribution in [2.24, 2.45) is 5.73 Å². The summed E-state index contributed by atoms with van der Waals surface area (Å²) < 4.78 is 6.78. The van der Waals surface area contributed by atoms with Crippen LogP contribution in [0, 0.1) is 0 Å². The molecular weight excluding hydrogens is 324 g/mol. The van der Waals surface area contributed by atoms with Gasteiger partial charge in [0.05, 0.1) is 24.3 Å². The zero-order valence-electron chi connectivity index (χ0n) is 7.65. The van der Waals surface area contributed by atoms with E-state index in [4.69, 9.17) is 10.2 Å². The Labute approximate surface area is 104 Å². The van der Waals surface area contributed by atoms with Crippen LogP contribution in [-0.2, 0) is 0 Å². The number of aromatic nitrogens is 1. The van der Waals surface area contributed by atoms with E-state index < -0.39 is 0 Å². The molecule has 0 aliphatic carbocycles. The summed E-state index contributed by atoms with van der Waals surface area (Å²) in [6.07, 6.45) is 4.95. The van der Waals surface area contributed by atoms with Crippen LogP contribution in [0.3, 0.4) is 0 Å². The molecule has 0 aliphatic rings. The summed E-state index contributed by atoms with van der Waals surface area (Å²) in [5.74, 6) is 0. The third-order valence-electron chi connectivity index (χ3n) is 2.03. The van der Waals surface area contributed by atoms with Crippen LogP contribution >= 0.6 is 31.9 Å². The largest absolute Gasteiger partial charge is 0.472 e. The van der Waals surface area contributed by atoms with Crippen molar-refractivity contribution in [3.8, 4) is 0 Å². The summed E-state index contributed by atoms with van der Waals surface area (Å²) >= 11 is 6.77. The van der Waals surface area contributed by atoms with Crippen LogP contribution in [0.5, 0.6) is 0 Å². The van der Waals surface area contributed by atoms with E-state index >= 15 is 0 Å². The number of hydrogen-bond donors (Lipinski definition) is 1. The van der Waals surface area contributed by atoms with Gasteiger partial charge in [-0.3, -0.25) is 4.98 Å². The molecule has 0 fully saturated rings. The SMILES string of the molecule is NC(c1ccoc1)c1ncc(Br)cc1Br. The normalized spacial score (nSPS) is 12.7. The van der Waals surface area contributed by atoms with E-state index in [-0.39, 0.29) is 6.04 Å². The molecule has 2 heterocycles. The number of nitrogens with two attached hydrogens (primary N) is 1. The van der Waals surface area contributed by atoms with Crippen LogP contribution < -0.4 is 5.73 Å². The standard InChI is InChI=1S/C10H8Br2N2O/c11-7-3-8(12)10(14-4-7)9(13)6-1-2-15-5-6/h1-5,9H,13H2. The van der Waals surface area contributed by atoms with Gasteiger partial charge in [-0.15, -0.1) is 0 Å². The van der Waals surface area contributed by atoms with E-state index in [0.717, 1.165) is 20.2 Å². The summed E-state index contributed by atoms with van der Waals surface area (Å²) in [5, 5.41) is 0. The van der Waals surface area contributed by atoms with Crippen LogP contribution in [0.2, 0.25) is 0 Å². The molecule has 0 aliphatic heterocycles. The molecule has 0 saturated carbocycles. The van der Waals surface area contributed by atoms with Gasteiger partial charge >= 0.3 is 0 Å². The maximum Gasteiger partial charge on any atom is 0.0954 e. The van der Waals surface area contributed by atoms with Gasteiger partial charge in [0, 0.05) is 20.7 Å². The number of hydrogen-bond acceptors (Lipinski definition) is 3. The molecule has 5 heteroatoms. The molecule has 0 saturated heterocycles. The van der Waals surface area contributed by atoms with Crippen LogP contribution in [0.25, 0.3) is 0 Å². The predicted octanol–water partition coefficient (Wildman–Crippen LogP) is 3.25. The first kappa shape index (κ1) is 10.9. The third kappa shape index (κ3) is 2.30. The molecular formula is C10H8Br2N2O. The summed E-state index contributed by atoms with van der Waals surface area (Å²) in [4.78, 5) is 4.27. The first-order chi connectivity index (χ1) is 7.18. The Morgan fingerprint density at radius 3 is 2.80 bits per heavy atom. The second-order valence-electron chi connectivity index (χ2n) is 3.05. The Bertz CT molecular complexity index is 456. The summed E-state index contributed by atoms with van der Waals surface area (Å²) in [6.45, 7) is 0. The highest BCUT2D eigenvalue weighted by Crippen LogP contribution is 2.27. The molecule has 2 aromatic rings. The quantitative estimate of drug-likeness (QED) is 0.919. The lowest BCUT2D eigenvalue weighted by atomic mass is 10.1. The zero-order valence-corrected chi connectivity index (χ0v) is 10.8. The van der Waals surface area contributed by atoms with Crippen molar-refractivity contribution in [2.75, 3.05) is 0 Å². The molecule has 78 valence electrons. The molecule has 0 bridgehead atoms. The summed E-state index contributed by atoms with van der Waals surface area (Å²) in [7, 11) is 0. The molecule has 3 nitrogen and oxygen atoms in total. The molecule has 15 heavy (non-hydrogen) atoms. The van der Waals surface area contributed by atoms with Crippen LogP contribution in [0.4, 0.5) is 0 Å². The van der Waals surface area contributed by atoms with Gasteiger partial charge in [-0.2, -0.15) is 0 Å². The lowest BCUT2D eigenvalue weighted by Crippen LogP contribution is -2.13. The summed E-state index contributed by atoms with van der Waals surface area (Å²) in [5.41, 5.74) is 7.74. The first-order valence-corrected chi connectivity index (χ1v) is 5.85. The molecule has 0 amide bonds. The van der Waals surface area contributed by atoms with Gasteiger partial charge in [0.2, 0.25) is 0 Å². The molecule has 0 aromatic carbocycles. The van der Waals surface area contributed by atoms with E-state index in [1.54, 1.807) is 18.7 Å². The van der Waals surface area contributed by atoms with Gasteiger partial charge in [-0.25, -0.2) is 0 Å². The maximum absolute atomic E-state index is 6.04. The number of nitrogens with zero attached hydrogens (tertiary/aromatic N) is 1. The van der Waals surface area contributed by atoms with Gasteiger partial charge in [-0.1, -0.05) is 0 Å². The van der Waals surface area contributed by atoms with E-state index in [9.17, 15) is 0 Å².